The number of hydrogen-bond donors (Lipinski definition) is 2. The quantitative estimate of drug-likeness (QED) is 0.498. The lowest BCUT2D eigenvalue weighted by Crippen LogP contribution is -2.29. The number of rotatable bonds is 3. The highest BCUT2D eigenvalue weighted by Gasteiger charge is 2.51. The molecule has 1 amide bonds. The second-order valence-corrected chi connectivity index (χ2v) is 7.35. The fraction of sp³-hybridized carbons (Fsp3) is 0.238. The van der Waals surface area contributed by atoms with Gasteiger partial charge in [0.15, 0.2) is 0 Å². The molecular formula is C21H18N8O. The third kappa shape index (κ3) is 2.73. The smallest absolute Gasteiger partial charge is 0.229 e. The first-order valence-electron chi connectivity index (χ1n) is 9.46. The molecule has 1 aliphatic rings. The highest BCUT2D eigenvalue weighted by molar-refractivity contribution is 5.97. The average Bonchev–Trinajstić information content (AvgIpc) is 3.50. The summed E-state index contributed by atoms with van der Waals surface area (Å²) in [5.74, 6) is 6.61. The standard InChI is InChI=1S/C21H18N8O/c1-23-19-15-10-25-18(21(5-6-21)20(22)30)8-14(15)12(9-26-19)3-4-13-7-17-16(11-24-13)27-28-29(17)2/h7-11H,5-6H2,1-2H3,(H2,22,30)(H,23,26). The maximum atomic E-state index is 12.0. The minimum atomic E-state index is -0.666. The predicted octanol–water partition coefficient (Wildman–Crippen LogP) is 1.26. The molecule has 30 heavy (non-hydrogen) atoms. The van der Waals surface area contributed by atoms with Crippen molar-refractivity contribution in [3.05, 3.63) is 47.7 Å². The van der Waals surface area contributed by atoms with Gasteiger partial charge in [-0.25, -0.2) is 14.6 Å². The Balaban J connectivity index is 1.64. The van der Waals surface area contributed by atoms with Crippen LogP contribution >= 0.6 is 0 Å². The Labute approximate surface area is 171 Å². The zero-order chi connectivity index (χ0) is 20.9. The van der Waals surface area contributed by atoms with Crippen molar-refractivity contribution in [1.29, 1.82) is 0 Å². The second kappa shape index (κ2) is 6.49. The Hall–Kier alpha value is -4.06. The number of hydrogen-bond acceptors (Lipinski definition) is 7. The highest BCUT2D eigenvalue weighted by Crippen LogP contribution is 2.47. The number of amides is 1. The normalized spacial score (nSPS) is 14.3. The summed E-state index contributed by atoms with van der Waals surface area (Å²) in [6.45, 7) is 0. The predicted molar refractivity (Wildman–Crippen MR) is 111 cm³/mol. The van der Waals surface area contributed by atoms with Crippen LogP contribution in [0.2, 0.25) is 0 Å². The van der Waals surface area contributed by atoms with Crippen molar-refractivity contribution < 1.29 is 4.79 Å². The summed E-state index contributed by atoms with van der Waals surface area (Å²) in [4.78, 5) is 25.3. The molecule has 0 aromatic carbocycles. The van der Waals surface area contributed by atoms with Crippen LogP contribution in [-0.4, -0.2) is 42.9 Å². The van der Waals surface area contributed by atoms with Gasteiger partial charge in [0.25, 0.3) is 0 Å². The summed E-state index contributed by atoms with van der Waals surface area (Å²) in [6, 6.07) is 3.75. The van der Waals surface area contributed by atoms with Crippen LogP contribution in [0.5, 0.6) is 0 Å². The molecule has 0 spiro atoms. The fourth-order valence-electron chi connectivity index (χ4n) is 3.59. The van der Waals surface area contributed by atoms with Crippen LogP contribution in [0.1, 0.15) is 29.8 Å². The first-order valence-corrected chi connectivity index (χ1v) is 9.46. The van der Waals surface area contributed by atoms with E-state index in [4.69, 9.17) is 5.73 Å². The van der Waals surface area contributed by atoms with E-state index in [-0.39, 0.29) is 5.91 Å². The number of pyridine rings is 3. The van der Waals surface area contributed by atoms with Gasteiger partial charge in [-0.2, -0.15) is 0 Å². The lowest BCUT2D eigenvalue weighted by molar-refractivity contribution is -0.120. The monoisotopic (exact) mass is 398 g/mol. The van der Waals surface area contributed by atoms with E-state index in [1.807, 2.05) is 19.2 Å². The van der Waals surface area contributed by atoms with E-state index >= 15 is 0 Å². The van der Waals surface area contributed by atoms with Gasteiger partial charge in [0.2, 0.25) is 5.91 Å². The zero-order valence-corrected chi connectivity index (χ0v) is 16.5. The fourth-order valence-corrected chi connectivity index (χ4v) is 3.59. The van der Waals surface area contributed by atoms with E-state index < -0.39 is 5.41 Å². The van der Waals surface area contributed by atoms with Gasteiger partial charge in [-0.05, 0) is 24.8 Å². The molecule has 0 radical (unpaired) electrons. The van der Waals surface area contributed by atoms with Crippen molar-refractivity contribution in [3.63, 3.8) is 0 Å². The van der Waals surface area contributed by atoms with Crippen LogP contribution in [0.3, 0.4) is 0 Å². The van der Waals surface area contributed by atoms with Crippen LogP contribution in [0, 0.1) is 11.8 Å². The number of carbonyl (C=O) groups is 1. The number of nitrogens with two attached hydrogens (primary N) is 1. The molecule has 1 saturated carbocycles. The molecule has 4 aromatic heterocycles. The summed E-state index contributed by atoms with van der Waals surface area (Å²) >= 11 is 0. The van der Waals surface area contributed by atoms with Gasteiger partial charge in [-0.1, -0.05) is 11.1 Å². The molecule has 4 heterocycles. The summed E-state index contributed by atoms with van der Waals surface area (Å²) in [6.07, 6.45) is 6.52. The topological polar surface area (TPSA) is 125 Å². The van der Waals surface area contributed by atoms with Gasteiger partial charge in [-0.15, -0.1) is 5.10 Å². The van der Waals surface area contributed by atoms with E-state index in [0.29, 0.717) is 35.6 Å². The van der Waals surface area contributed by atoms with Gasteiger partial charge in [0.1, 0.15) is 17.0 Å². The molecule has 9 heteroatoms. The van der Waals surface area contributed by atoms with E-state index in [1.165, 1.54) is 0 Å². The summed E-state index contributed by atoms with van der Waals surface area (Å²) in [7, 11) is 3.62. The number of anilines is 1. The van der Waals surface area contributed by atoms with Crippen molar-refractivity contribution in [2.24, 2.45) is 12.8 Å². The maximum absolute atomic E-state index is 12.0. The minimum absolute atomic E-state index is 0.341. The van der Waals surface area contributed by atoms with Crippen molar-refractivity contribution in [3.8, 4) is 11.8 Å². The van der Waals surface area contributed by atoms with E-state index in [9.17, 15) is 4.79 Å². The Bertz CT molecular complexity index is 1390. The number of carbonyl (C=O) groups excluding carboxylic acids is 1. The Kier molecular flexibility index (Phi) is 3.89. The Morgan fingerprint density at radius 3 is 2.70 bits per heavy atom. The van der Waals surface area contributed by atoms with E-state index in [2.05, 4.69) is 42.4 Å². The Morgan fingerprint density at radius 2 is 1.97 bits per heavy atom. The van der Waals surface area contributed by atoms with Crippen LogP contribution in [-0.2, 0) is 17.3 Å². The molecule has 5 rings (SSSR count). The number of aromatic nitrogens is 6. The summed E-state index contributed by atoms with van der Waals surface area (Å²) in [5.41, 5.74) is 8.54. The SMILES string of the molecule is CNc1ncc(C#Cc2cc3c(cn2)nnn3C)c2cc(C3(C(N)=O)CC3)ncc12. The molecule has 9 nitrogen and oxygen atoms in total. The van der Waals surface area contributed by atoms with Gasteiger partial charge in [0.05, 0.1) is 28.4 Å². The first kappa shape index (κ1) is 18.0. The van der Waals surface area contributed by atoms with E-state index in [0.717, 1.165) is 21.9 Å². The summed E-state index contributed by atoms with van der Waals surface area (Å²) < 4.78 is 1.68. The van der Waals surface area contributed by atoms with Crippen molar-refractivity contribution in [2.45, 2.75) is 18.3 Å². The largest absolute Gasteiger partial charge is 0.373 e. The van der Waals surface area contributed by atoms with Crippen LogP contribution < -0.4 is 11.1 Å². The number of aryl methyl sites for hydroxylation is 1. The van der Waals surface area contributed by atoms with Crippen LogP contribution in [0.4, 0.5) is 5.82 Å². The molecule has 0 saturated heterocycles. The molecule has 4 aromatic rings. The number of nitrogens with zero attached hydrogens (tertiary/aromatic N) is 6. The van der Waals surface area contributed by atoms with Crippen molar-refractivity contribution in [1.82, 2.24) is 29.9 Å². The number of nitrogens with one attached hydrogen (secondary N) is 1. The third-order valence-electron chi connectivity index (χ3n) is 5.54. The molecular weight excluding hydrogens is 380 g/mol. The molecule has 0 bridgehead atoms. The van der Waals surface area contributed by atoms with Gasteiger partial charge in [0, 0.05) is 43.3 Å². The molecule has 1 fully saturated rings. The molecule has 0 unspecified atom stereocenters. The van der Waals surface area contributed by atoms with Crippen molar-refractivity contribution in [2.75, 3.05) is 12.4 Å². The molecule has 0 aliphatic heterocycles. The van der Waals surface area contributed by atoms with Crippen molar-refractivity contribution >= 4 is 33.5 Å². The average molecular weight is 398 g/mol. The summed E-state index contributed by atoms with van der Waals surface area (Å²) in [5, 5.41) is 12.8. The zero-order valence-electron chi connectivity index (χ0n) is 16.5. The Morgan fingerprint density at radius 1 is 1.13 bits per heavy atom. The lowest BCUT2D eigenvalue weighted by Gasteiger charge is -2.13. The third-order valence-corrected chi connectivity index (χ3v) is 5.54. The minimum Gasteiger partial charge on any atom is -0.373 e. The maximum Gasteiger partial charge on any atom is 0.229 e. The molecule has 3 N–H and O–H groups in total. The second-order valence-electron chi connectivity index (χ2n) is 7.35. The molecule has 1 aliphatic carbocycles. The molecule has 0 atom stereocenters. The van der Waals surface area contributed by atoms with Gasteiger partial charge in [-0.3, -0.25) is 9.78 Å². The van der Waals surface area contributed by atoms with Gasteiger partial charge >= 0.3 is 0 Å². The molecule has 148 valence electrons. The first-order chi connectivity index (χ1) is 14.5. The van der Waals surface area contributed by atoms with E-state index in [1.54, 1.807) is 30.3 Å². The van der Waals surface area contributed by atoms with Gasteiger partial charge < -0.3 is 11.1 Å². The lowest BCUT2D eigenvalue weighted by atomic mass is 9.98. The van der Waals surface area contributed by atoms with Crippen LogP contribution in [0.15, 0.2) is 30.7 Å². The number of primary amides is 1. The van der Waals surface area contributed by atoms with Crippen LogP contribution in [0.25, 0.3) is 21.8 Å². The highest BCUT2D eigenvalue weighted by atomic mass is 16.1. The number of fused-ring (bicyclic) bond motifs is 2.